The summed E-state index contributed by atoms with van der Waals surface area (Å²) in [5, 5.41) is 7.51. The normalized spacial score (nSPS) is 16.6. The van der Waals surface area contributed by atoms with Crippen LogP contribution < -0.4 is 4.90 Å². The zero-order chi connectivity index (χ0) is 21.1. The standard InChI is InChI=1S/C23H25F3N4/c1-2-20(22-27-21(28-29-22)17-7-4-3-5-8-17)16-11-13-30(14-12-16)19-10-6-9-18(15-19)23(24,25)26/h3-10,15-16,20H,2,11-14H2,1H3,(H,27,28,29). The Morgan fingerprint density at radius 2 is 1.80 bits per heavy atom. The molecule has 4 rings (SSSR count). The number of aromatic nitrogens is 3. The number of benzene rings is 2. The van der Waals surface area contributed by atoms with E-state index >= 15 is 0 Å². The fraction of sp³-hybridized carbons (Fsp3) is 0.391. The lowest BCUT2D eigenvalue weighted by Gasteiger charge is -2.36. The number of hydrogen-bond donors (Lipinski definition) is 1. The molecule has 0 radical (unpaired) electrons. The number of nitrogens with one attached hydrogen (secondary N) is 1. The molecule has 0 aliphatic carbocycles. The average molecular weight is 414 g/mol. The van der Waals surface area contributed by atoms with Crippen LogP contribution in [0.3, 0.4) is 0 Å². The van der Waals surface area contributed by atoms with Gasteiger partial charge in [0, 0.05) is 30.3 Å². The fourth-order valence-corrected chi connectivity index (χ4v) is 4.35. The first-order chi connectivity index (χ1) is 14.5. The van der Waals surface area contributed by atoms with Crippen LogP contribution in [0.25, 0.3) is 11.4 Å². The first-order valence-corrected chi connectivity index (χ1v) is 10.4. The lowest BCUT2D eigenvalue weighted by atomic mass is 9.82. The van der Waals surface area contributed by atoms with Gasteiger partial charge in [0.1, 0.15) is 5.82 Å². The van der Waals surface area contributed by atoms with Gasteiger partial charge in [0.2, 0.25) is 0 Å². The molecule has 1 aliphatic heterocycles. The van der Waals surface area contributed by atoms with E-state index in [-0.39, 0.29) is 5.92 Å². The number of hydrogen-bond acceptors (Lipinski definition) is 3. The quantitative estimate of drug-likeness (QED) is 0.565. The SMILES string of the molecule is CCC(c1nc(-c2ccccc2)n[nH]1)C1CCN(c2cccc(C(F)(F)F)c2)CC1. The molecule has 1 N–H and O–H groups in total. The van der Waals surface area contributed by atoms with Crippen LogP contribution in [0.2, 0.25) is 0 Å². The second-order valence-corrected chi connectivity index (χ2v) is 7.80. The second-order valence-electron chi connectivity index (χ2n) is 7.80. The summed E-state index contributed by atoms with van der Waals surface area (Å²) in [6, 6.07) is 15.5. The maximum atomic E-state index is 13.0. The Morgan fingerprint density at radius 3 is 2.47 bits per heavy atom. The van der Waals surface area contributed by atoms with Gasteiger partial charge in [0.05, 0.1) is 5.56 Å². The van der Waals surface area contributed by atoms with E-state index in [1.165, 1.54) is 12.1 Å². The Labute approximate surface area is 174 Å². The van der Waals surface area contributed by atoms with Gasteiger partial charge in [-0.2, -0.15) is 18.3 Å². The van der Waals surface area contributed by atoms with Gasteiger partial charge < -0.3 is 4.90 Å². The topological polar surface area (TPSA) is 44.8 Å². The Kier molecular flexibility index (Phi) is 5.79. The molecular formula is C23H25F3N4. The van der Waals surface area contributed by atoms with Gasteiger partial charge in [-0.3, -0.25) is 5.10 Å². The van der Waals surface area contributed by atoms with E-state index in [2.05, 4.69) is 17.1 Å². The van der Waals surface area contributed by atoms with Crippen molar-refractivity contribution in [2.75, 3.05) is 18.0 Å². The van der Waals surface area contributed by atoms with Gasteiger partial charge in [-0.1, -0.05) is 43.3 Å². The Hall–Kier alpha value is -2.83. The molecule has 2 aromatic carbocycles. The summed E-state index contributed by atoms with van der Waals surface area (Å²) in [5.41, 5.74) is 1.03. The van der Waals surface area contributed by atoms with E-state index in [1.807, 2.05) is 35.2 Å². The summed E-state index contributed by atoms with van der Waals surface area (Å²) in [7, 11) is 0. The molecule has 4 nitrogen and oxygen atoms in total. The minimum Gasteiger partial charge on any atom is -0.372 e. The Morgan fingerprint density at radius 1 is 1.07 bits per heavy atom. The van der Waals surface area contributed by atoms with Crippen molar-refractivity contribution in [1.29, 1.82) is 0 Å². The molecule has 158 valence electrons. The number of aromatic amines is 1. The van der Waals surface area contributed by atoms with Crippen molar-refractivity contribution in [3.05, 3.63) is 66.0 Å². The van der Waals surface area contributed by atoms with Gasteiger partial charge in [0.15, 0.2) is 5.82 Å². The molecule has 3 aromatic rings. The molecule has 0 saturated carbocycles. The summed E-state index contributed by atoms with van der Waals surface area (Å²) in [6.45, 7) is 3.62. The Balaban J connectivity index is 1.44. The van der Waals surface area contributed by atoms with Crippen LogP contribution in [0, 0.1) is 5.92 Å². The molecule has 7 heteroatoms. The van der Waals surface area contributed by atoms with Gasteiger partial charge in [-0.15, -0.1) is 0 Å². The van der Waals surface area contributed by atoms with Crippen LogP contribution in [0.4, 0.5) is 18.9 Å². The largest absolute Gasteiger partial charge is 0.416 e. The van der Waals surface area contributed by atoms with Crippen molar-refractivity contribution in [3.63, 3.8) is 0 Å². The fourth-order valence-electron chi connectivity index (χ4n) is 4.35. The summed E-state index contributed by atoms with van der Waals surface area (Å²) < 4.78 is 39.1. The Bertz CT molecular complexity index is 960. The first kappa shape index (κ1) is 20.4. The summed E-state index contributed by atoms with van der Waals surface area (Å²) in [4.78, 5) is 6.79. The highest BCUT2D eigenvalue weighted by Crippen LogP contribution is 2.37. The van der Waals surface area contributed by atoms with Crippen LogP contribution in [-0.2, 0) is 6.18 Å². The number of alkyl halides is 3. The van der Waals surface area contributed by atoms with Crippen LogP contribution >= 0.6 is 0 Å². The number of nitrogens with zero attached hydrogens (tertiary/aromatic N) is 3. The third kappa shape index (κ3) is 4.35. The molecule has 0 bridgehead atoms. The summed E-state index contributed by atoms with van der Waals surface area (Å²) in [6.07, 6.45) is -1.55. The third-order valence-corrected chi connectivity index (χ3v) is 5.97. The van der Waals surface area contributed by atoms with Crippen molar-refractivity contribution in [1.82, 2.24) is 15.2 Å². The highest BCUT2D eigenvalue weighted by Gasteiger charge is 2.32. The minimum atomic E-state index is -4.32. The first-order valence-electron chi connectivity index (χ1n) is 10.4. The molecule has 0 spiro atoms. The number of rotatable bonds is 5. The average Bonchev–Trinajstić information content (AvgIpc) is 3.25. The molecule has 2 heterocycles. The van der Waals surface area contributed by atoms with Crippen molar-refractivity contribution in [2.45, 2.75) is 38.3 Å². The minimum absolute atomic E-state index is 0.263. The molecule has 30 heavy (non-hydrogen) atoms. The molecular weight excluding hydrogens is 389 g/mol. The lowest BCUT2D eigenvalue weighted by Crippen LogP contribution is -2.36. The third-order valence-electron chi connectivity index (χ3n) is 5.97. The van der Waals surface area contributed by atoms with Crippen LogP contribution in [-0.4, -0.2) is 28.3 Å². The number of H-pyrrole nitrogens is 1. The molecule has 1 fully saturated rings. The van der Waals surface area contributed by atoms with E-state index in [1.54, 1.807) is 6.07 Å². The maximum absolute atomic E-state index is 13.0. The maximum Gasteiger partial charge on any atom is 0.416 e. The van der Waals surface area contributed by atoms with Crippen molar-refractivity contribution in [2.24, 2.45) is 5.92 Å². The molecule has 1 saturated heterocycles. The van der Waals surface area contributed by atoms with E-state index in [0.717, 1.165) is 49.8 Å². The van der Waals surface area contributed by atoms with E-state index in [0.29, 0.717) is 17.4 Å². The monoisotopic (exact) mass is 414 g/mol. The van der Waals surface area contributed by atoms with Gasteiger partial charge in [-0.05, 0) is 43.4 Å². The van der Waals surface area contributed by atoms with Gasteiger partial charge >= 0.3 is 6.18 Å². The van der Waals surface area contributed by atoms with Gasteiger partial charge in [-0.25, -0.2) is 4.98 Å². The highest BCUT2D eigenvalue weighted by atomic mass is 19.4. The molecule has 1 atom stereocenters. The van der Waals surface area contributed by atoms with E-state index in [9.17, 15) is 13.2 Å². The van der Waals surface area contributed by atoms with Crippen LogP contribution in [0.5, 0.6) is 0 Å². The highest BCUT2D eigenvalue weighted by molar-refractivity contribution is 5.54. The van der Waals surface area contributed by atoms with Crippen molar-refractivity contribution >= 4 is 5.69 Å². The second kappa shape index (κ2) is 8.50. The number of halogens is 3. The van der Waals surface area contributed by atoms with Gasteiger partial charge in [0.25, 0.3) is 0 Å². The lowest BCUT2D eigenvalue weighted by molar-refractivity contribution is -0.137. The molecule has 0 amide bonds. The number of anilines is 1. The summed E-state index contributed by atoms with van der Waals surface area (Å²) in [5.74, 6) is 2.28. The van der Waals surface area contributed by atoms with Crippen molar-refractivity contribution < 1.29 is 13.2 Å². The van der Waals surface area contributed by atoms with Crippen LogP contribution in [0.15, 0.2) is 54.6 Å². The molecule has 1 aromatic heterocycles. The number of piperidine rings is 1. The zero-order valence-electron chi connectivity index (χ0n) is 16.9. The van der Waals surface area contributed by atoms with E-state index < -0.39 is 11.7 Å². The predicted molar refractivity (Wildman–Crippen MR) is 111 cm³/mol. The van der Waals surface area contributed by atoms with Crippen LogP contribution in [0.1, 0.15) is 43.5 Å². The molecule has 1 unspecified atom stereocenters. The van der Waals surface area contributed by atoms with E-state index in [4.69, 9.17) is 4.98 Å². The predicted octanol–water partition coefficient (Wildman–Crippen LogP) is 5.90. The zero-order valence-corrected chi connectivity index (χ0v) is 16.9. The summed E-state index contributed by atoms with van der Waals surface area (Å²) >= 11 is 0. The smallest absolute Gasteiger partial charge is 0.372 e. The van der Waals surface area contributed by atoms with Crippen molar-refractivity contribution in [3.8, 4) is 11.4 Å². The molecule has 1 aliphatic rings.